The SMILES string of the molecule is C[C@H](CCO)NC1CCCc2nc(-c3ccccc3F)sc21. The Labute approximate surface area is 134 Å². The molecule has 22 heavy (non-hydrogen) atoms. The standard InChI is InChI=1S/C17H21FN2OS/c1-11(9-10-21)19-14-7-4-8-15-16(14)22-17(20-15)12-5-2-3-6-13(12)18/h2-3,5-6,11,14,19,21H,4,7-10H2,1H3/t11-,14?/m1/s1. The van der Waals surface area contributed by atoms with E-state index in [0.29, 0.717) is 5.56 Å². The van der Waals surface area contributed by atoms with E-state index in [-0.39, 0.29) is 24.5 Å². The molecule has 1 unspecified atom stereocenters. The third-order valence-electron chi connectivity index (χ3n) is 4.10. The first-order chi connectivity index (χ1) is 10.7. The molecular formula is C17H21FN2OS. The molecule has 1 heterocycles. The van der Waals surface area contributed by atoms with Gasteiger partial charge in [0, 0.05) is 29.1 Å². The maximum Gasteiger partial charge on any atom is 0.133 e. The van der Waals surface area contributed by atoms with Crippen molar-refractivity contribution in [1.82, 2.24) is 10.3 Å². The maximum atomic E-state index is 14.0. The van der Waals surface area contributed by atoms with Crippen LogP contribution in [0, 0.1) is 5.82 Å². The van der Waals surface area contributed by atoms with Crippen LogP contribution in [0.25, 0.3) is 10.6 Å². The minimum Gasteiger partial charge on any atom is -0.396 e. The summed E-state index contributed by atoms with van der Waals surface area (Å²) in [5, 5.41) is 13.4. The zero-order valence-electron chi connectivity index (χ0n) is 12.7. The zero-order valence-corrected chi connectivity index (χ0v) is 13.5. The number of aryl methyl sites for hydroxylation is 1. The van der Waals surface area contributed by atoms with Gasteiger partial charge in [0.05, 0.1) is 5.69 Å². The van der Waals surface area contributed by atoms with E-state index in [0.717, 1.165) is 36.4 Å². The summed E-state index contributed by atoms with van der Waals surface area (Å²) < 4.78 is 14.0. The highest BCUT2D eigenvalue weighted by atomic mass is 32.1. The van der Waals surface area contributed by atoms with Gasteiger partial charge in [0.1, 0.15) is 10.8 Å². The molecule has 2 atom stereocenters. The first kappa shape index (κ1) is 15.6. The summed E-state index contributed by atoms with van der Waals surface area (Å²) in [7, 11) is 0. The summed E-state index contributed by atoms with van der Waals surface area (Å²) in [6.07, 6.45) is 3.87. The Morgan fingerprint density at radius 3 is 3.05 bits per heavy atom. The van der Waals surface area contributed by atoms with Crippen molar-refractivity contribution in [2.45, 2.75) is 44.7 Å². The topological polar surface area (TPSA) is 45.1 Å². The second-order valence-electron chi connectivity index (χ2n) is 5.83. The first-order valence-electron chi connectivity index (χ1n) is 7.80. The number of nitrogens with zero attached hydrogens (tertiary/aromatic N) is 1. The summed E-state index contributed by atoms with van der Waals surface area (Å²) in [5.41, 5.74) is 1.69. The Morgan fingerprint density at radius 1 is 1.45 bits per heavy atom. The zero-order chi connectivity index (χ0) is 15.5. The van der Waals surface area contributed by atoms with Gasteiger partial charge < -0.3 is 10.4 Å². The molecule has 2 N–H and O–H groups in total. The number of benzene rings is 1. The van der Waals surface area contributed by atoms with E-state index in [1.54, 1.807) is 23.5 Å². The highest BCUT2D eigenvalue weighted by molar-refractivity contribution is 7.15. The molecule has 1 aliphatic rings. The largest absolute Gasteiger partial charge is 0.396 e. The molecule has 1 aliphatic carbocycles. The van der Waals surface area contributed by atoms with Crippen LogP contribution >= 0.6 is 11.3 Å². The molecule has 0 radical (unpaired) electrons. The van der Waals surface area contributed by atoms with E-state index < -0.39 is 0 Å². The minimum atomic E-state index is -0.216. The molecule has 0 saturated heterocycles. The van der Waals surface area contributed by atoms with Gasteiger partial charge in [-0.25, -0.2) is 9.37 Å². The van der Waals surface area contributed by atoms with Gasteiger partial charge in [-0.2, -0.15) is 0 Å². The van der Waals surface area contributed by atoms with Crippen molar-refractivity contribution >= 4 is 11.3 Å². The van der Waals surface area contributed by atoms with Crippen LogP contribution < -0.4 is 5.32 Å². The molecule has 5 heteroatoms. The number of aliphatic hydroxyl groups excluding tert-OH is 1. The fourth-order valence-electron chi connectivity index (χ4n) is 2.95. The van der Waals surface area contributed by atoms with E-state index in [1.165, 1.54) is 10.9 Å². The predicted octanol–water partition coefficient (Wildman–Crippen LogP) is 3.69. The monoisotopic (exact) mass is 320 g/mol. The molecule has 3 nitrogen and oxygen atoms in total. The summed E-state index contributed by atoms with van der Waals surface area (Å²) in [6.45, 7) is 2.28. The van der Waals surface area contributed by atoms with Crippen LogP contribution in [0.4, 0.5) is 4.39 Å². The molecule has 1 aromatic carbocycles. The van der Waals surface area contributed by atoms with Crippen molar-refractivity contribution in [3.63, 3.8) is 0 Å². The second-order valence-corrected chi connectivity index (χ2v) is 6.87. The molecule has 3 rings (SSSR count). The van der Waals surface area contributed by atoms with E-state index in [9.17, 15) is 4.39 Å². The molecule has 0 fully saturated rings. The molecule has 2 aromatic rings. The third-order valence-corrected chi connectivity index (χ3v) is 5.35. The van der Waals surface area contributed by atoms with Crippen LogP contribution in [-0.2, 0) is 6.42 Å². The number of halogens is 1. The van der Waals surface area contributed by atoms with Gasteiger partial charge in [-0.05, 0) is 44.7 Å². The Kier molecular flexibility index (Phi) is 4.86. The van der Waals surface area contributed by atoms with Gasteiger partial charge in [0.15, 0.2) is 0 Å². The van der Waals surface area contributed by atoms with E-state index >= 15 is 0 Å². The maximum absolute atomic E-state index is 14.0. The smallest absolute Gasteiger partial charge is 0.133 e. The highest BCUT2D eigenvalue weighted by Crippen LogP contribution is 2.38. The van der Waals surface area contributed by atoms with Crippen molar-refractivity contribution in [2.24, 2.45) is 0 Å². The fraction of sp³-hybridized carbons (Fsp3) is 0.471. The average Bonchev–Trinajstić information content (AvgIpc) is 2.93. The molecule has 0 saturated carbocycles. The lowest BCUT2D eigenvalue weighted by Gasteiger charge is -2.25. The van der Waals surface area contributed by atoms with Gasteiger partial charge in [-0.3, -0.25) is 0 Å². The lowest BCUT2D eigenvalue weighted by atomic mass is 9.97. The highest BCUT2D eigenvalue weighted by Gasteiger charge is 2.26. The number of hydrogen-bond acceptors (Lipinski definition) is 4. The number of hydrogen-bond donors (Lipinski definition) is 2. The van der Waals surface area contributed by atoms with Gasteiger partial charge in [-0.1, -0.05) is 12.1 Å². The normalized spacial score (nSPS) is 19.0. The molecule has 0 amide bonds. The quantitative estimate of drug-likeness (QED) is 0.883. The number of thiazole rings is 1. The lowest BCUT2D eigenvalue weighted by molar-refractivity contribution is 0.260. The molecule has 118 valence electrons. The Morgan fingerprint density at radius 2 is 2.27 bits per heavy atom. The second kappa shape index (κ2) is 6.86. The van der Waals surface area contributed by atoms with E-state index in [4.69, 9.17) is 5.11 Å². The van der Waals surface area contributed by atoms with Gasteiger partial charge in [0.2, 0.25) is 0 Å². The molecule has 1 aromatic heterocycles. The number of aromatic nitrogens is 1. The number of rotatable bonds is 5. The summed E-state index contributed by atoms with van der Waals surface area (Å²) >= 11 is 1.59. The van der Waals surface area contributed by atoms with Crippen molar-refractivity contribution in [3.05, 3.63) is 40.7 Å². The molecule has 0 aliphatic heterocycles. The van der Waals surface area contributed by atoms with Crippen LogP contribution in [0.15, 0.2) is 24.3 Å². The van der Waals surface area contributed by atoms with Crippen molar-refractivity contribution in [3.8, 4) is 10.6 Å². The van der Waals surface area contributed by atoms with Crippen molar-refractivity contribution in [2.75, 3.05) is 6.61 Å². The summed E-state index contributed by atoms with van der Waals surface area (Å²) in [4.78, 5) is 5.91. The third kappa shape index (κ3) is 3.21. The Balaban J connectivity index is 1.87. The van der Waals surface area contributed by atoms with Gasteiger partial charge in [-0.15, -0.1) is 11.3 Å². The van der Waals surface area contributed by atoms with Crippen LogP contribution in [0.1, 0.15) is 42.8 Å². The van der Waals surface area contributed by atoms with Crippen LogP contribution in [-0.4, -0.2) is 22.7 Å². The summed E-state index contributed by atoms with van der Waals surface area (Å²) in [5.74, 6) is -0.216. The lowest BCUT2D eigenvalue weighted by Crippen LogP contribution is -2.32. The van der Waals surface area contributed by atoms with Crippen LogP contribution in [0.2, 0.25) is 0 Å². The molecular weight excluding hydrogens is 299 g/mol. The Hall–Kier alpha value is -1.30. The molecule has 0 spiro atoms. The van der Waals surface area contributed by atoms with Crippen molar-refractivity contribution < 1.29 is 9.50 Å². The average molecular weight is 320 g/mol. The summed E-state index contributed by atoms with van der Waals surface area (Å²) in [6, 6.07) is 7.35. The predicted molar refractivity (Wildman–Crippen MR) is 87.5 cm³/mol. The number of nitrogens with one attached hydrogen (secondary N) is 1. The Bertz CT molecular complexity index is 643. The van der Waals surface area contributed by atoms with Gasteiger partial charge >= 0.3 is 0 Å². The molecule has 0 bridgehead atoms. The first-order valence-corrected chi connectivity index (χ1v) is 8.62. The van der Waals surface area contributed by atoms with E-state index in [1.807, 2.05) is 6.07 Å². The van der Waals surface area contributed by atoms with Gasteiger partial charge in [0.25, 0.3) is 0 Å². The van der Waals surface area contributed by atoms with Crippen molar-refractivity contribution in [1.29, 1.82) is 0 Å². The number of aliphatic hydroxyl groups is 1. The number of fused-ring (bicyclic) bond motifs is 1. The minimum absolute atomic E-state index is 0.191. The fourth-order valence-corrected chi connectivity index (χ4v) is 4.18. The van der Waals surface area contributed by atoms with E-state index in [2.05, 4.69) is 17.2 Å². The van der Waals surface area contributed by atoms with Crippen LogP contribution in [0.5, 0.6) is 0 Å². The van der Waals surface area contributed by atoms with Crippen LogP contribution in [0.3, 0.4) is 0 Å².